The standard InChI is InChI=1S/C22H23N5O2S2/c1-2-3-7-12-23-21(28)17-14-30-19(24-17)15-31-22-26-25-20(18-11-8-13-29-18)27(22)16-9-5-4-6-10-16/h4-6,8-11,13-14H,2-3,7,12,15H2,1H3,(H,23,28). The molecule has 0 aliphatic heterocycles. The van der Waals surface area contributed by atoms with Crippen molar-refractivity contribution in [3.63, 3.8) is 0 Å². The molecule has 0 atom stereocenters. The molecular weight excluding hydrogens is 430 g/mol. The number of hydrogen-bond donors (Lipinski definition) is 1. The maximum absolute atomic E-state index is 12.3. The van der Waals surface area contributed by atoms with E-state index in [1.165, 1.54) is 23.1 Å². The summed E-state index contributed by atoms with van der Waals surface area (Å²) in [5.41, 5.74) is 1.42. The first-order chi connectivity index (χ1) is 15.3. The highest BCUT2D eigenvalue weighted by atomic mass is 32.2. The highest BCUT2D eigenvalue weighted by molar-refractivity contribution is 7.98. The van der Waals surface area contributed by atoms with Crippen molar-refractivity contribution in [1.29, 1.82) is 0 Å². The van der Waals surface area contributed by atoms with Crippen molar-refractivity contribution >= 4 is 29.0 Å². The van der Waals surface area contributed by atoms with Crippen LogP contribution in [-0.2, 0) is 5.75 Å². The van der Waals surface area contributed by atoms with Crippen LogP contribution in [0.4, 0.5) is 0 Å². The van der Waals surface area contributed by atoms with Crippen molar-refractivity contribution in [1.82, 2.24) is 25.1 Å². The lowest BCUT2D eigenvalue weighted by atomic mass is 10.2. The highest BCUT2D eigenvalue weighted by Gasteiger charge is 2.19. The number of para-hydroxylation sites is 1. The maximum Gasteiger partial charge on any atom is 0.270 e. The Labute approximate surface area is 188 Å². The van der Waals surface area contributed by atoms with Gasteiger partial charge in [-0.3, -0.25) is 9.36 Å². The van der Waals surface area contributed by atoms with Gasteiger partial charge in [0.1, 0.15) is 10.7 Å². The average molecular weight is 454 g/mol. The molecule has 31 heavy (non-hydrogen) atoms. The molecule has 0 radical (unpaired) electrons. The van der Waals surface area contributed by atoms with Crippen molar-refractivity contribution in [2.45, 2.75) is 37.1 Å². The zero-order chi connectivity index (χ0) is 21.5. The maximum atomic E-state index is 12.3. The predicted octanol–water partition coefficient (Wildman–Crippen LogP) is 5.20. The van der Waals surface area contributed by atoms with Crippen molar-refractivity contribution in [3.05, 3.63) is 64.8 Å². The number of thioether (sulfide) groups is 1. The summed E-state index contributed by atoms with van der Waals surface area (Å²) in [4.78, 5) is 16.8. The van der Waals surface area contributed by atoms with Gasteiger partial charge in [0.2, 0.25) is 5.82 Å². The molecule has 0 aliphatic carbocycles. The minimum atomic E-state index is -0.115. The third kappa shape index (κ3) is 5.23. The molecular formula is C22H23N5O2S2. The lowest BCUT2D eigenvalue weighted by Gasteiger charge is -2.08. The van der Waals surface area contributed by atoms with Crippen molar-refractivity contribution in [2.75, 3.05) is 6.54 Å². The minimum absolute atomic E-state index is 0.115. The number of furan rings is 1. The molecule has 1 amide bonds. The van der Waals surface area contributed by atoms with Gasteiger partial charge in [-0.05, 0) is 30.7 Å². The topological polar surface area (TPSA) is 85.8 Å². The van der Waals surface area contributed by atoms with E-state index in [2.05, 4.69) is 27.4 Å². The van der Waals surface area contributed by atoms with Crippen LogP contribution in [0.5, 0.6) is 0 Å². The number of nitrogens with zero attached hydrogens (tertiary/aromatic N) is 4. The fourth-order valence-electron chi connectivity index (χ4n) is 3.01. The van der Waals surface area contributed by atoms with Crippen LogP contribution in [0.2, 0.25) is 0 Å². The zero-order valence-corrected chi connectivity index (χ0v) is 18.8. The molecule has 3 heterocycles. The van der Waals surface area contributed by atoms with E-state index < -0.39 is 0 Å². The van der Waals surface area contributed by atoms with Gasteiger partial charge in [-0.2, -0.15) is 0 Å². The molecule has 1 aromatic carbocycles. The van der Waals surface area contributed by atoms with Crippen LogP contribution >= 0.6 is 23.1 Å². The Morgan fingerprint density at radius 3 is 2.81 bits per heavy atom. The third-order valence-corrected chi connectivity index (χ3v) is 6.54. The Kier molecular flexibility index (Phi) is 7.16. The first-order valence-electron chi connectivity index (χ1n) is 10.2. The first kappa shape index (κ1) is 21.3. The Bertz CT molecular complexity index is 1110. The molecule has 0 bridgehead atoms. The van der Waals surface area contributed by atoms with Crippen molar-refractivity contribution < 1.29 is 9.21 Å². The van der Waals surface area contributed by atoms with E-state index in [4.69, 9.17) is 4.42 Å². The Balaban J connectivity index is 1.47. The highest BCUT2D eigenvalue weighted by Crippen LogP contribution is 2.30. The van der Waals surface area contributed by atoms with Crippen LogP contribution in [0.25, 0.3) is 17.3 Å². The normalized spacial score (nSPS) is 11.0. The van der Waals surface area contributed by atoms with Gasteiger partial charge in [0.15, 0.2) is 10.9 Å². The molecule has 9 heteroatoms. The molecule has 160 valence electrons. The second-order valence-corrected chi connectivity index (χ2v) is 8.72. The van der Waals surface area contributed by atoms with Crippen LogP contribution < -0.4 is 5.32 Å². The monoisotopic (exact) mass is 453 g/mol. The van der Waals surface area contributed by atoms with Crippen LogP contribution in [0.1, 0.15) is 41.7 Å². The molecule has 0 aliphatic rings. The molecule has 4 aromatic rings. The summed E-state index contributed by atoms with van der Waals surface area (Å²) in [6.07, 6.45) is 4.85. The van der Waals surface area contributed by atoms with Gasteiger partial charge in [-0.25, -0.2) is 4.98 Å². The molecule has 3 aromatic heterocycles. The number of amides is 1. The number of carbonyl (C=O) groups excluding carboxylic acids is 1. The van der Waals surface area contributed by atoms with Crippen LogP contribution in [-0.4, -0.2) is 32.2 Å². The molecule has 1 N–H and O–H groups in total. The Morgan fingerprint density at radius 2 is 2.03 bits per heavy atom. The zero-order valence-electron chi connectivity index (χ0n) is 17.2. The van der Waals surface area contributed by atoms with Gasteiger partial charge in [-0.15, -0.1) is 21.5 Å². The lowest BCUT2D eigenvalue weighted by molar-refractivity contribution is 0.0948. The number of aromatic nitrogens is 4. The summed E-state index contributed by atoms with van der Waals surface area (Å²) in [5, 5.41) is 15.1. The van der Waals surface area contributed by atoms with E-state index in [0.29, 0.717) is 29.6 Å². The van der Waals surface area contributed by atoms with E-state index in [-0.39, 0.29) is 5.91 Å². The molecule has 0 saturated carbocycles. The Morgan fingerprint density at radius 1 is 1.16 bits per heavy atom. The van der Waals surface area contributed by atoms with E-state index in [1.807, 2.05) is 47.0 Å². The molecule has 4 rings (SSSR count). The van der Waals surface area contributed by atoms with E-state index in [9.17, 15) is 4.79 Å². The smallest absolute Gasteiger partial charge is 0.270 e. The molecule has 0 fully saturated rings. The fraction of sp³-hybridized carbons (Fsp3) is 0.273. The summed E-state index contributed by atoms with van der Waals surface area (Å²) in [6.45, 7) is 2.83. The quantitative estimate of drug-likeness (QED) is 0.262. The van der Waals surface area contributed by atoms with Gasteiger partial charge in [0.25, 0.3) is 5.91 Å². The largest absolute Gasteiger partial charge is 0.461 e. The van der Waals surface area contributed by atoms with Crippen LogP contribution in [0, 0.1) is 0 Å². The van der Waals surface area contributed by atoms with Gasteiger partial charge >= 0.3 is 0 Å². The predicted molar refractivity (Wildman–Crippen MR) is 123 cm³/mol. The summed E-state index contributed by atoms with van der Waals surface area (Å²) in [6, 6.07) is 13.6. The summed E-state index contributed by atoms with van der Waals surface area (Å²) < 4.78 is 7.52. The Hall–Kier alpha value is -2.91. The van der Waals surface area contributed by atoms with Crippen LogP contribution in [0.15, 0.2) is 63.7 Å². The molecule has 7 nitrogen and oxygen atoms in total. The first-order valence-corrected chi connectivity index (χ1v) is 12.0. The number of hydrogen-bond acceptors (Lipinski definition) is 7. The number of nitrogens with one attached hydrogen (secondary N) is 1. The second kappa shape index (κ2) is 10.4. The fourth-order valence-corrected chi connectivity index (χ4v) is 4.76. The number of benzene rings is 1. The third-order valence-electron chi connectivity index (χ3n) is 4.56. The number of unbranched alkanes of at least 4 members (excludes halogenated alkanes) is 2. The number of carbonyl (C=O) groups is 1. The van der Waals surface area contributed by atoms with Crippen LogP contribution in [0.3, 0.4) is 0 Å². The summed E-state index contributed by atoms with van der Waals surface area (Å²) in [7, 11) is 0. The summed E-state index contributed by atoms with van der Waals surface area (Å²) in [5.74, 6) is 1.78. The van der Waals surface area contributed by atoms with Gasteiger partial charge < -0.3 is 9.73 Å². The van der Waals surface area contributed by atoms with E-state index in [0.717, 1.165) is 35.1 Å². The van der Waals surface area contributed by atoms with Crippen molar-refractivity contribution in [3.8, 4) is 17.3 Å². The molecule has 0 spiro atoms. The molecule has 0 saturated heterocycles. The van der Waals surface area contributed by atoms with Gasteiger partial charge in [-0.1, -0.05) is 49.7 Å². The SMILES string of the molecule is CCCCCNC(=O)c1csc(CSc2nnc(-c3ccco3)n2-c2ccccc2)n1. The van der Waals surface area contributed by atoms with Crippen molar-refractivity contribution in [2.24, 2.45) is 0 Å². The number of thiazole rings is 1. The molecule has 0 unspecified atom stereocenters. The lowest BCUT2D eigenvalue weighted by Crippen LogP contribution is -2.24. The summed E-state index contributed by atoms with van der Waals surface area (Å²) >= 11 is 3.00. The number of rotatable bonds is 10. The van der Waals surface area contributed by atoms with E-state index in [1.54, 1.807) is 11.6 Å². The van der Waals surface area contributed by atoms with E-state index >= 15 is 0 Å². The van der Waals surface area contributed by atoms with Gasteiger partial charge in [0, 0.05) is 17.6 Å². The minimum Gasteiger partial charge on any atom is -0.461 e. The second-order valence-electron chi connectivity index (χ2n) is 6.83. The van der Waals surface area contributed by atoms with Gasteiger partial charge in [0.05, 0.1) is 12.0 Å². The average Bonchev–Trinajstić information content (AvgIpc) is 3.56.